The van der Waals surface area contributed by atoms with Gasteiger partial charge >= 0.3 is 5.97 Å². The number of esters is 1. The fourth-order valence-electron chi connectivity index (χ4n) is 6.94. The van der Waals surface area contributed by atoms with Crippen LogP contribution in [0.25, 0.3) is 0 Å². The molecule has 4 saturated carbocycles. The minimum atomic E-state index is -0.524. The topological polar surface area (TPSA) is 89.8 Å². The van der Waals surface area contributed by atoms with Crippen molar-refractivity contribution in [1.82, 2.24) is 4.90 Å². The Hall–Kier alpha value is -2.44. The van der Waals surface area contributed by atoms with Crippen LogP contribution in [-0.4, -0.2) is 34.3 Å². The highest BCUT2D eigenvalue weighted by Crippen LogP contribution is 2.60. The number of hydrogen-bond donors (Lipinski definition) is 0. The second kappa shape index (κ2) is 7.36. The molecule has 1 aromatic carbocycles. The van der Waals surface area contributed by atoms with Crippen LogP contribution < -0.4 is 0 Å². The largest absolute Gasteiger partial charge is 0.459 e. The number of ether oxygens (including phenoxy) is 1. The summed E-state index contributed by atoms with van der Waals surface area (Å²) in [6.45, 7) is 0.605. The van der Waals surface area contributed by atoms with Crippen LogP contribution in [0.2, 0.25) is 0 Å². The number of nitrogens with zero attached hydrogens (tertiary/aromatic N) is 2. The van der Waals surface area contributed by atoms with Gasteiger partial charge in [0.05, 0.1) is 10.3 Å². The van der Waals surface area contributed by atoms with E-state index in [1.165, 1.54) is 31.4 Å². The number of benzene rings is 1. The smallest absolute Gasteiger partial charge is 0.329 e. The first kappa shape index (κ1) is 19.5. The zero-order valence-corrected chi connectivity index (χ0v) is 17.1. The minimum absolute atomic E-state index is 0.0175. The Kier molecular flexibility index (Phi) is 4.79. The van der Waals surface area contributed by atoms with E-state index in [0.29, 0.717) is 36.3 Å². The fraction of sp³-hybridized carbons (Fsp3) is 0.652. The van der Waals surface area contributed by atoms with Gasteiger partial charge in [0, 0.05) is 18.7 Å². The number of non-ortho nitro benzene ring substituents is 1. The minimum Gasteiger partial charge on any atom is -0.459 e. The van der Waals surface area contributed by atoms with E-state index in [9.17, 15) is 19.7 Å². The van der Waals surface area contributed by atoms with Gasteiger partial charge in [-0.1, -0.05) is 12.1 Å². The molecule has 0 spiro atoms. The Bertz CT molecular complexity index is 847. The molecule has 1 aromatic rings. The molecule has 1 amide bonds. The Morgan fingerprint density at radius 2 is 1.80 bits per heavy atom. The summed E-state index contributed by atoms with van der Waals surface area (Å²) >= 11 is 0. The van der Waals surface area contributed by atoms with Gasteiger partial charge in [-0.3, -0.25) is 14.9 Å². The molecular weight excluding hydrogens is 384 g/mol. The van der Waals surface area contributed by atoms with Crippen molar-refractivity contribution in [1.29, 1.82) is 0 Å². The van der Waals surface area contributed by atoms with Gasteiger partial charge < -0.3 is 9.64 Å². The molecule has 160 valence electrons. The van der Waals surface area contributed by atoms with Crippen molar-refractivity contribution < 1.29 is 19.2 Å². The predicted octanol–water partition coefficient (Wildman–Crippen LogP) is 3.85. The number of nitro groups is 1. The van der Waals surface area contributed by atoms with Gasteiger partial charge in [-0.2, -0.15) is 0 Å². The predicted molar refractivity (Wildman–Crippen MR) is 108 cm³/mol. The summed E-state index contributed by atoms with van der Waals surface area (Å²) in [4.78, 5) is 38.7. The van der Waals surface area contributed by atoms with Gasteiger partial charge in [-0.05, 0) is 74.7 Å². The van der Waals surface area contributed by atoms with E-state index in [-0.39, 0.29) is 23.6 Å². The maximum absolute atomic E-state index is 13.7. The molecule has 1 aliphatic heterocycles. The molecule has 7 nitrogen and oxygen atoms in total. The first-order valence-corrected chi connectivity index (χ1v) is 11.1. The van der Waals surface area contributed by atoms with Gasteiger partial charge in [0.1, 0.15) is 12.6 Å². The SMILES string of the molecule is O=C(OCc1cccc([N+](=O)[O-])c1)[C@H]1CCCN1C(=O)C12CC3CC(CC(C3)C1)C2. The number of carbonyl (C=O) groups is 2. The van der Waals surface area contributed by atoms with Crippen LogP contribution in [-0.2, 0) is 20.9 Å². The van der Waals surface area contributed by atoms with Crippen LogP contribution >= 0.6 is 0 Å². The molecule has 5 fully saturated rings. The highest BCUT2D eigenvalue weighted by atomic mass is 16.6. The molecule has 0 aromatic heterocycles. The summed E-state index contributed by atoms with van der Waals surface area (Å²) < 4.78 is 5.49. The third-order valence-electron chi connectivity index (χ3n) is 7.78. The Balaban J connectivity index is 1.26. The highest BCUT2D eigenvalue weighted by molar-refractivity contribution is 5.89. The summed E-state index contributed by atoms with van der Waals surface area (Å²) in [7, 11) is 0. The van der Waals surface area contributed by atoms with Crippen LogP contribution in [0.4, 0.5) is 5.69 Å². The normalized spacial score (nSPS) is 34.2. The Morgan fingerprint density at radius 3 is 2.43 bits per heavy atom. The molecule has 0 unspecified atom stereocenters. The molecule has 1 atom stereocenters. The second-order valence-corrected chi connectivity index (χ2v) is 9.89. The van der Waals surface area contributed by atoms with E-state index in [1.807, 2.05) is 0 Å². The molecule has 6 rings (SSSR count). The van der Waals surface area contributed by atoms with E-state index in [4.69, 9.17) is 4.74 Å². The van der Waals surface area contributed by atoms with Crippen LogP contribution in [0.1, 0.15) is 56.9 Å². The van der Waals surface area contributed by atoms with Gasteiger partial charge in [0.25, 0.3) is 5.69 Å². The lowest BCUT2D eigenvalue weighted by atomic mass is 9.49. The van der Waals surface area contributed by atoms with Crippen molar-refractivity contribution in [3.05, 3.63) is 39.9 Å². The monoisotopic (exact) mass is 412 g/mol. The summed E-state index contributed by atoms with van der Waals surface area (Å²) in [5.41, 5.74) is 0.301. The quantitative estimate of drug-likeness (QED) is 0.416. The molecule has 1 heterocycles. The number of amides is 1. The molecular formula is C23H28N2O5. The van der Waals surface area contributed by atoms with E-state index >= 15 is 0 Å². The van der Waals surface area contributed by atoms with Gasteiger partial charge in [-0.25, -0.2) is 4.79 Å². The Labute approximate surface area is 175 Å². The third kappa shape index (κ3) is 3.38. The van der Waals surface area contributed by atoms with Crippen LogP contribution in [0.15, 0.2) is 24.3 Å². The standard InChI is InChI=1S/C23H28N2O5/c26-21(30-14-15-3-1-4-19(10-15)25(28)29)20-5-2-6-24(20)22(27)23-11-16-7-17(12-23)9-18(8-16)13-23/h1,3-4,10,16-18,20H,2,5-9,11-14H2/t16?,17?,18?,20-,23?/m1/s1. The summed E-state index contributed by atoms with van der Waals surface area (Å²) in [5, 5.41) is 10.9. The van der Waals surface area contributed by atoms with Crippen molar-refractivity contribution in [3.8, 4) is 0 Å². The van der Waals surface area contributed by atoms with Crippen molar-refractivity contribution in [2.75, 3.05) is 6.54 Å². The van der Waals surface area contributed by atoms with Crippen molar-refractivity contribution in [2.45, 2.75) is 64.0 Å². The third-order valence-corrected chi connectivity index (χ3v) is 7.78. The van der Waals surface area contributed by atoms with Crippen LogP contribution in [0, 0.1) is 33.3 Å². The first-order chi connectivity index (χ1) is 14.4. The molecule has 1 saturated heterocycles. The lowest BCUT2D eigenvalue weighted by molar-refractivity contribution is -0.384. The maximum Gasteiger partial charge on any atom is 0.329 e. The molecule has 30 heavy (non-hydrogen) atoms. The maximum atomic E-state index is 13.7. The van der Waals surface area contributed by atoms with E-state index in [1.54, 1.807) is 17.0 Å². The number of rotatable bonds is 5. The molecule has 5 aliphatic rings. The highest BCUT2D eigenvalue weighted by Gasteiger charge is 2.56. The molecule has 4 bridgehead atoms. The van der Waals surface area contributed by atoms with Crippen LogP contribution in [0.3, 0.4) is 0 Å². The number of hydrogen-bond acceptors (Lipinski definition) is 5. The fourth-order valence-corrected chi connectivity index (χ4v) is 6.94. The van der Waals surface area contributed by atoms with Gasteiger partial charge in [-0.15, -0.1) is 0 Å². The van der Waals surface area contributed by atoms with Crippen molar-refractivity contribution in [3.63, 3.8) is 0 Å². The zero-order valence-electron chi connectivity index (χ0n) is 17.1. The number of carbonyl (C=O) groups excluding carboxylic acids is 2. The number of nitro benzene ring substituents is 1. The number of likely N-dealkylation sites (tertiary alicyclic amines) is 1. The van der Waals surface area contributed by atoms with E-state index in [0.717, 1.165) is 25.7 Å². The first-order valence-electron chi connectivity index (χ1n) is 11.1. The second-order valence-electron chi connectivity index (χ2n) is 9.89. The van der Waals surface area contributed by atoms with E-state index in [2.05, 4.69) is 0 Å². The van der Waals surface area contributed by atoms with Gasteiger partial charge in [0.2, 0.25) is 5.91 Å². The average Bonchev–Trinajstić information content (AvgIpc) is 3.20. The molecule has 7 heteroatoms. The zero-order chi connectivity index (χ0) is 20.9. The van der Waals surface area contributed by atoms with Gasteiger partial charge in [0.15, 0.2) is 0 Å². The Morgan fingerprint density at radius 1 is 1.13 bits per heavy atom. The average molecular weight is 412 g/mol. The molecule has 4 aliphatic carbocycles. The summed E-state index contributed by atoms with van der Waals surface area (Å²) in [6.07, 6.45) is 8.25. The van der Waals surface area contributed by atoms with Crippen molar-refractivity contribution in [2.24, 2.45) is 23.2 Å². The summed E-state index contributed by atoms with van der Waals surface area (Å²) in [6, 6.07) is 5.59. The lowest BCUT2D eigenvalue weighted by Crippen LogP contribution is -2.56. The summed E-state index contributed by atoms with van der Waals surface area (Å²) in [5.74, 6) is 1.83. The van der Waals surface area contributed by atoms with Crippen LogP contribution in [0.5, 0.6) is 0 Å². The van der Waals surface area contributed by atoms with Crippen molar-refractivity contribution >= 4 is 17.6 Å². The molecule has 0 N–H and O–H groups in total. The lowest BCUT2D eigenvalue weighted by Gasteiger charge is -2.56. The van der Waals surface area contributed by atoms with E-state index < -0.39 is 16.9 Å². The molecule has 0 radical (unpaired) electrons.